The molecule has 0 aliphatic rings. The van der Waals surface area contributed by atoms with Crippen molar-refractivity contribution in [3.8, 4) is 0 Å². The van der Waals surface area contributed by atoms with Crippen molar-refractivity contribution < 1.29 is 34.6 Å². The number of rotatable bonds is 3. The second-order valence-corrected chi connectivity index (χ2v) is 9.53. The van der Waals surface area contributed by atoms with Gasteiger partial charge in [-0.15, -0.1) is 5.10 Å². The Bertz CT molecular complexity index is 968. The number of amidine groups is 1. The Morgan fingerprint density at radius 3 is 1.85 bits per heavy atom. The van der Waals surface area contributed by atoms with E-state index in [9.17, 15) is 25.2 Å². The molecule has 0 radical (unpaired) electrons. The fourth-order valence-electron chi connectivity index (χ4n) is 1.82. The van der Waals surface area contributed by atoms with E-state index in [1.54, 1.807) is 0 Å². The number of aliphatic imine (C=N–C) groups is 2. The van der Waals surface area contributed by atoms with E-state index in [0.717, 1.165) is 11.0 Å². The van der Waals surface area contributed by atoms with Crippen LogP contribution in [0.15, 0.2) is 34.3 Å². The molecule has 33 heavy (non-hydrogen) atoms. The van der Waals surface area contributed by atoms with Crippen molar-refractivity contribution in [2.24, 2.45) is 9.98 Å². The van der Waals surface area contributed by atoms with Crippen molar-refractivity contribution in [3.63, 3.8) is 0 Å². The summed E-state index contributed by atoms with van der Waals surface area (Å²) >= 11 is 0. The fourth-order valence-corrected chi connectivity index (χ4v) is 1.82. The molecule has 1 aromatic carbocycles. The Morgan fingerprint density at radius 2 is 1.45 bits per heavy atom. The molecule has 0 spiro atoms. The maximum absolute atomic E-state index is 10.7. The number of benzene rings is 1. The molecule has 190 valence electrons. The van der Waals surface area contributed by atoms with Crippen molar-refractivity contribution >= 4 is 30.9 Å². The quantitative estimate of drug-likeness (QED) is 0.184. The summed E-state index contributed by atoms with van der Waals surface area (Å²) < 4.78 is 61.1. The monoisotopic (exact) mass is 505 g/mol. The van der Waals surface area contributed by atoms with Gasteiger partial charge in [-0.2, -0.15) is 0 Å². The van der Waals surface area contributed by atoms with Gasteiger partial charge in [0.2, 0.25) is 0 Å². The summed E-state index contributed by atoms with van der Waals surface area (Å²) in [6.45, 7) is 8.01. The van der Waals surface area contributed by atoms with Crippen LogP contribution in [0.4, 0.5) is 25.2 Å². The van der Waals surface area contributed by atoms with Crippen molar-refractivity contribution in [1.29, 1.82) is 0 Å². The van der Waals surface area contributed by atoms with Crippen LogP contribution >= 0.6 is 7.81 Å². The molecule has 0 aliphatic carbocycles. The van der Waals surface area contributed by atoms with Crippen molar-refractivity contribution in [2.45, 2.75) is 39.8 Å². The molecule has 2 rings (SSSR count). The standard InChI is InChI=1S/C11H16N5O.C7H14N2.F6P/c1-14(2)11(15(3)4)17-16-10-8-6-5-7-9(10)12-13-16;1-6(2)8-5-9-7(3)4;1-7(2,3,4,5)6/h5-8H,1-4H3;6-7H,1-4H3;/q+1;;-1. The van der Waals surface area contributed by atoms with Gasteiger partial charge in [-0.05, 0) is 45.0 Å². The Balaban J connectivity index is 0.000000541. The molecule has 0 aliphatic heterocycles. The summed E-state index contributed by atoms with van der Waals surface area (Å²) in [6, 6.07) is 11.6. The normalized spacial score (nSPS) is 12.8. The predicted molar refractivity (Wildman–Crippen MR) is 119 cm³/mol. The molecular weight excluding hydrogens is 475 g/mol. The number of halogens is 6. The van der Waals surface area contributed by atoms with Crippen LogP contribution < -0.4 is 4.84 Å². The third-order valence-corrected chi connectivity index (χ3v) is 2.89. The van der Waals surface area contributed by atoms with Gasteiger partial charge in [-0.3, -0.25) is 4.84 Å². The molecule has 0 bridgehead atoms. The van der Waals surface area contributed by atoms with Gasteiger partial charge >= 0.3 is 39.0 Å². The van der Waals surface area contributed by atoms with Crippen LogP contribution in [-0.2, 0) is 0 Å². The number of nitrogens with zero attached hydrogens (tertiary/aromatic N) is 7. The predicted octanol–water partition coefficient (Wildman–Crippen LogP) is 5.41. The second-order valence-electron chi connectivity index (χ2n) is 7.62. The molecule has 0 saturated heterocycles. The van der Waals surface area contributed by atoms with Gasteiger partial charge in [-0.25, -0.2) is 19.5 Å². The van der Waals surface area contributed by atoms with E-state index < -0.39 is 7.81 Å². The van der Waals surface area contributed by atoms with Gasteiger partial charge in [0, 0.05) is 0 Å². The topological polar surface area (TPSA) is 70.9 Å². The van der Waals surface area contributed by atoms with Crippen LogP contribution in [0.3, 0.4) is 0 Å². The van der Waals surface area contributed by atoms with E-state index in [-0.39, 0.29) is 0 Å². The maximum atomic E-state index is 9.87. The second kappa shape index (κ2) is 10.9. The van der Waals surface area contributed by atoms with Crippen LogP contribution in [0.25, 0.3) is 11.0 Å². The Hall–Kier alpha value is -2.72. The summed E-state index contributed by atoms with van der Waals surface area (Å²) in [6.07, 6.45) is 0. The summed E-state index contributed by atoms with van der Waals surface area (Å²) in [5.41, 5.74) is 1.65. The third-order valence-electron chi connectivity index (χ3n) is 2.89. The first-order valence-corrected chi connectivity index (χ1v) is 11.6. The van der Waals surface area contributed by atoms with E-state index in [2.05, 4.69) is 26.3 Å². The number of hydrogen-bond donors (Lipinski definition) is 0. The van der Waals surface area contributed by atoms with E-state index >= 15 is 0 Å². The Labute approximate surface area is 188 Å². The van der Waals surface area contributed by atoms with Crippen molar-refractivity contribution in [2.75, 3.05) is 28.2 Å². The SMILES string of the molecule is CC(C)N=C=NC(C)C.CN(C)C(On1nnc2ccccc21)=[N+](C)C.F[P-](F)(F)(F)(F)F. The van der Waals surface area contributed by atoms with E-state index in [0.29, 0.717) is 18.1 Å². The fraction of sp³-hybridized carbons (Fsp3) is 0.556. The zero-order valence-corrected chi connectivity index (χ0v) is 20.6. The van der Waals surface area contributed by atoms with Crippen LogP contribution in [0.2, 0.25) is 0 Å². The summed E-state index contributed by atoms with van der Waals surface area (Å²) in [7, 11) is -3.01. The zero-order chi connectivity index (χ0) is 26.1. The average Bonchev–Trinajstić information content (AvgIpc) is 2.99. The Kier molecular flexibility index (Phi) is 10.0. The van der Waals surface area contributed by atoms with E-state index in [1.807, 2.05) is 89.6 Å². The molecule has 1 aromatic heterocycles. The van der Waals surface area contributed by atoms with Crippen LogP contribution in [0.1, 0.15) is 27.7 Å². The first-order chi connectivity index (χ1) is 14.7. The molecule has 15 heteroatoms. The minimum atomic E-state index is -10.7. The number of fused-ring (bicyclic) bond motifs is 1. The summed E-state index contributed by atoms with van der Waals surface area (Å²) in [5, 5.41) is 8.00. The summed E-state index contributed by atoms with van der Waals surface area (Å²) in [5.74, 6) is 0. The van der Waals surface area contributed by atoms with Gasteiger partial charge in [0.15, 0.2) is 0 Å². The van der Waals surface area contributed by atoms with Crippen LogP contribution in [0.5, 0.6) is 0 Å². The van der Waals surface area contributed by atoms with E-state index in [4.69, 9.17) is 4.84 Å². The van der Waals surface area contributed by atoms with Crippen molar-refractivity contribution in [1.82, 2.24) is 20.1 Å². The third kappa shape index (κ3) is 17.5. The molecule has 1 heterocycles. The van der Waals surface area contributed by atoms with E-state index in [1.165, 1.54) is 4.85 Å². The first kappa shape index (κ1) is 30.3. The minimum absolute atomic E-state index is 0.312. The Morgan fingerprint density at radius 1 is 1.00 bits per heavy atom. The molecule has 0 unspecified atom stereocenters. The summed E-state index contributed by atoms with van der Waals surface area (Å²) in [4.78, 5) is 16.9. The molecule has 8 nitrogen and oxygen atoms in total. The first-order valence-electron chi connectivity index (χ1n) is 9.58. The molecular formula is C18H30F6N7OP. The van der Waals surface area contributed by atoms with Crippen LogP contribution in [0, 0.1) is 0 Å². The molecule has 0 saturated carbocycles. The number of aromatic nitrogens is 3. The van der Waals surface area contributed by atoms with Gasteiger partial charge in [0.25, 0.3) is 0 Å². The van der Waals surface area contributed by atoms with Crippen molar-refractivity contribution in [3.05, 3.63) is 24.3 Å². The molecule has 0 N–H and O–H groups in total. The number of hydrogen-bond acceptors (Lipinski definition) is 5. The van der Waals surface area contributed by atoms with Gasteiger partial charge < -0.3 is 0 Å². The zero-order valence-electron chi connectivity index (χ0n) is 19.7. The molecule has 0 fully saturated rings. The molecule has 2 aromatic rings. The van der Waals surface area contributed by atoms with Crippen LogP contribution in [-0.4, -0.2) is 76.9 Å². The van der Waals surface area contributed by atoms with Gasteiger partial charge in [-0.1, -0.05) is 17.0 Å². The molecule has 0 atom stereocenters. The van der Waals surface area contributed by atoms with Gasteiger partial charge in [0.1, 0.15) is 11.0 Å². The molecule has 0 amide bonds. The average molecular weight is 505 g/mol. The number of para-hydroxylation sites is 1. The van der Waals surface area contributed by atoms with Gasteiger partial charge in [0.05, 0.1) is 46.3 Å².